The summed E-state index contributed by atoms with van der Waals surface area (Å²) in [7, 11) is 0. The molecule has 0 spiro atoms. The number of halogens is 6. The van der Waals surface area contributed by atoms with Gasteiger partial charge in [-0.05, 0) is 86.0 Å². The number of urea groups is 1. The van der Waals surface area contributed by atoms with E-state index in [2.05, 4.69) is 37.2 Å². The molecule has 0 bridgehead atoms. The fraction of sp³-hybridized carbons (Fsp3) is 0.0417. The number of anilines is 1. The number of benzene rings is 3. The standard InChI is InChI=1S/C24H11Br2ClF3N3O6/c25-16-7-11(6-15-21(34)31-23(36)32(22(15)35)14-3-1-2-13(27)10-14)8-17(26)20(16)39-19-5-4-12(24(28,29)30)9-18(19)33(37)38/h1-10H,(H,31,34,36)/b15-6+. The molecule has 0 aromatic heterocycles. The van der Waals surface area contributed by atoms with Crippen molar-refractivity contribution in [3.8, 4) is 11.5 Å². The molecule has 15 heteroatoms. The highest BCUT2D eigenvalue weighted by atomic mass is 79.9. The molecule has 1 saturated heterocycles. The molecule has 200 valence electrons. The largest absolute Gasteiger partial charge is 0.448 e. The molecule has 4 rings (SSSR count). The van der Waals surface area contributed by atoms with Crippen LogP contribution in [0.15, 0.2) is 69.1 Å². The Kier molecular flexibility index (Phi) is 7.82. The Hall–Kier alpha value is -3.75. The SMILES string of the molecule is O=C1NC(=O)N(c2cccc(Cl)c2)C(=O)/C1=C/c1cc(Br)c(Oc2ccc(C(F)(F)F)cc2[N+](=O)[O-])c(Br)c1. The van der Waals surface area contributed by atoms with Crippen LogP contribution in [0.3, 0.4) is 0 Å². The van der Waals surface area contributed by atoms with Crippen molar-refractivity contribution in [3.63, 3.8) is 0 Å². The fourth-order valence-corrected chi connectivity index (χ4v) is 5.04. The second-order valence-corrected chi connectivity index (χ2v) is 9.94. The molecule has 1 aliphatic rings. The Morgan fingerprint density at radius 1 is 1.03 bits per heavy atom. The number of nitro groups is 1. The van der Waals surface area contributed by atoms with Crippen molar-refractivity contribution >= 4 is 78.8 Å². The Morgan fingerprint density at radius 2 is 1.69 bits per heavy atom. The van der Waals surface area contributed by atoms with Gasteiger partial charge in [0.05, 0.1) is 25.1 Å². The van der Waals surface area contributed by atoms with Crippen molar-refractivity contribution in [3.05, 3.63) is 95.4 Å². The van der Waals surface area contributed by atoms with Crippen LogP contribution < -0.4 is 15.0 Å². The molecule has 0 atom stereocenters. The topological polar surface area (TPSA) is 119 Å². The molecule has 3 aromatic rings. The molecular formula is C24H11Br2ClF3N3O6. The van der Waals surface area contributed by atoms with Crippen LogP contribution in [0.25, 0.3) is 6.08 Å². The minimum Gasteiger partial charge on any atom is -0.448 e. The molecular weight excluding hydrogens is 679 g/mol. The third kappa shape index (κ3) is 5.97. The number of nitro benzene ring substituents is 1. The van der Waals surface area contributed by atoms with Gasteiger partial charge in [0.2, 0.25) is 5.75 Å². The molecule has 1 fully saturated rings. The highest BCUT2D eigenvalue weighted by molar-refractivity contribution is 9.11. The lowest BCUT2D eigenvalue weighted by atomic mass is 10.1. The third-order valence-electron chi connectivity index (χ3n) is 5.19. The van der Waals surface area contributed by atoms with Gasteiger partial charge in [0, 0.05) is 11.1 Å². The zero-order chi connectivity index (χ0) is 28.6. The molecule has 1 heterocycles. The lowest BCUT2D eigenvalue weighted by Crippen LogP contribution is -2.54. The van der Waals surface area contributed by atoms with Gasteiger partial charge in [-0.15, -0.1) is 0 Å². The predicted octanol–water partition coefficient (Wildman–Crippen LogP) is 7.25. The van der Waals surface area contributed by atoms with Crippen molar-refractivity contribution < 1.29 is 37.2 Å². The second-order valence-electron chi connectivity index (χ2n) is 7.79. The monoisotopic (exact) mass is 687 g/mol. The molecule has 0 aliphatic carbocycles. The summed E-state index contributed by atoms with van der Waals surface area (Å²) in [6.45, 7) is 0. The van der Waals surface area contributed by atoms with Gasteiger partial charge >= 0.3 is 17.9 Å². The molecule has 0 saturated carbocycles. The number of ether oxygens (including phenoxy) is 1. The van der Waals surface area contributed by atoms with E-state index < -0.39 is 45.9 Å². The van der Waals surface area contributed by atoms with Gasteiger partial charge in [-0.1, -0.05) is 17.7 Å². The number of carbonyl (C=O) groups excluding carboxylic acids is 3. The first-order chi connectivity index (χ1) is 18.3. The second kappa shape index (κ2) is 10.8. The average molecular weight is 690 g/mol. The normalized spacial score (nSPS) is 15.0. The molecule has 4 amide bonds. The highest BCUT2D eigenvalue weighted by Gasteiger charge is 2.37. The number of nitrogens with zero attached hydrogens (tertiary/aromatic N) is 2. The van der Waals surface area contributed by atoms with E-state index >= 15 is 0 Å². The Labute approximate surface area is 238 Å². The summed E-state index contributed by atoms with van der Waals surface area (Å²) in [5, 5.41) is 13.7. The first-order valence-corrected chi connectivity index (χ1v) is 12.4. The summed E-state index contributed by atoms with van der Waals surface area (Å²) in [6.07, 6.45) is -3.60. The Morgan fingerprint density at radius 3 is 2.28 bits per heavy atom. The average Bonchev–Trinajstić information content (AvgIpc) is 2.83. The number of hydrogen-bond acceptors (Lipinski definition) is 6. The van der Waals surface area contributed by atoms with Gasteiger partial charge in [0.1, 0.15) is 5.57 Å². The zero-order valence-corrected chi connectivity index (χ0v) is 22.8. The fourth-order valence-electron chi connectivity index (χ4n) is 3.47. The maximum absolute atomic E-state index is 13.1. The maximum Gasteiger partial charge on any atom is 0.416 e. The van der Waals surface area contributed by atoms with Crippen molar-refractivity contribution in [1.29, 1.82) is 0 Å². The van der Waals surface area contributed by atoms with E-state index in [0.29, 0.717) is 12.1 Å². The van der Waals surface area contributed by atoms with Crippen molar-refractivity contribution in [2.45, 2.75) is 6.18 Å². The minimum absolute atomic E-state index is 0.0323. The van der Waals surface area contributed by atoms with Crippen LogP contribution >= 0.6 is 43.5 Å². The Bertz CT molecular complexity index is 1570. The molecule has 9 nitrogen and oxygen atoms in total. The van der Waals surface area contributed by atoms with Crippen LogP contribution in [0, 0.1) is 10.1 Å². The van der Waals surface area contributed by atoms with Crippen molar-refractivity contribution in [2.75, 3.05) is 4.90 Å². The van der Waals surface area contributed by atoms with Gasteiger partial charge < -0.3 is 4.74 Å². The van der Waals surface area contributed by atoms with Gasteiger partial charge in [-0.25, -0.2) is 9.69 Å². The molecule has 0 unspecified atom stereocenters. The van der Waals surface area contributed by atoms with Gasteiger partial charge in [-0.2, -0.15) is 13.2 Å². The van der Waals surface area contributed by atoms with Crippen LogP contribution in [0.4, 0.5) is 29.3 Å². The first-order valence-electron chi connectivity index (χ1n) is 10.5. The number of alkyl halides is 3. The Balaban J connectivity index is 1.69. The van der Waals surface area contributed by atoms with Crippen LogP contribution in [0.5, 0.6) is 11.5 Å². The number of barbiturate groups is 1. The number of nitrogens with one attached hydrogen (secondary N) is 1. The number of carbonyl (C=O) groups is 3. The van der Waals surface area contributed by atoms with Gasteiger partial charge in [0.15, 0.2) is 5.75 Å². The third-order valence-corrected chi connectivity index (χ3v) is 6.61. The first kappa shape index (κ1) is 28.3. The van der Waals surface area contributed by atoms with Crippen LogP contribution in [-0.2, 0) is 15.8 Å². The number of hydrogen-bond donors (Lipinski definition) is 1. The van der Waals surface area contributed by atoms with E-state index in [9.17, 15) is 37.7 Å². The van der Waals surface area contributed by atoms with Crippen LogP contribution in [0.1, 0.15) is 11.1 Å². The van der Waals surface area contributed by atoms with E-state index in [1.165, 1.54) is 42.5 Å². The summed E-state index contributed by atoms with van der Waals surface area (Å²) in [6, 6.07) is 9.52. The molecule has 3 aromatic carbocycles. The maximum atomic E-state index is 13.1. The summed E-state index contributed by atoms with van der Waals surface area (Å²) < 4.78 is 44.9. The molecule has 0 radical (unpaired) electrons. The zero-order valence-electron chi connectivity index (χ0n) is 18.9. The van der Waals surface area contributed by atoms with Crippen LogP contribution in [0.2, 0.25) is 5.02 Å². The summed E-state index contributed by atoms with van der Waals surface area (Å²) in [4.78, 5) is 49.0. The predicted molar refractivity (Wildman–Crippen MR) is 140 cm³/mol. The lowest BCUT2D eigenvalue weighted by Gasteiger charge is -2.26. The van der Waals surface area contributed by atoms with E-state index in [4.69, 9.17) is 16.3 Å². The van der Waals surface area contributed by atoms with E-state index in [1.54, 1.807) is 0 Å². The lowest BCUT2D eigenvalue weighted by molar-refractivity contribution is -0.385. The number of amides is 4. The molecule has 1 N–H and O–H groups in total. The minimum atomic E-state index is -4.80. The van der Waals surface area contributed by atoms with Crippen molar-refractivity contribution in [2.24, 2.45) is 0 Å². The van der Waals surface area contributed by atoms with E-state index in [1.807, 2.05) is 0 Å². The van der Waals surface area contributed by atoms with E-state index in [-0.39, 0.29) is 36.5 Å². The summed E-state index contributed by atoms with van der Waals surface area (Å²) >= 11 is 12.4. The quantitative estimate of drug-likeness (QED) is 0.131. The summed E-state index contributed by atoms with van der Waals surface area (Å²) in [5.74, 6) is -2.36. The highest BCUT2D eigenvalue weighted by Crippen LogP contribution is 2.43. The van der Waals surface area contributed by atoms with E-state index in [0.717, 1.165) is 11.0 Å². The van der Waals surface area contributed by atoms with Gasteiger partial charge in [-0.3, -0.25) is 25.0 Å². The molecule has 39 heavy (non-hydrogen) atoms. The number of rotatable bonds is 5. The van der Waals surface area contributed by atoms with Crippen LogP contribution in [-0.4, -0.2) is 22.8 Å². The van der Waals surface area contributed by atoms with Gasteiger partial charge in [0.25, 0.3) is 11.8 Å². The molecule has 1 aliphatic heterocycles. The number of imide groups is 2. The van der Waals surface area contributed by atoms with Crippen molar-refractivity contribution in [1.82, 2.24) is 5.32 Å². The summed E-state index contributed by atoms with van der Waals surface area (Å²) in [5.41, 5.74) is -2.12. The smallest absolute Gasteiger partial charge is 0.416 e.